The largest absolute Gasteiger partial charge is 0.448 e. The first-order valence-corrected chi connectivity index (χ1v) is 5.28. The van der Waals surface area contributed by atoms with Crippen LogP contribution in [0.2, 0.25) is 0 Å². The number of hydrogen-bond acceptors (Lipinski definition) is 6. The van der Waals surface area contributed by atoms with Gasteiger partial charge >= 0.3 is 5.97 Å². The molecule has 0 saturated carbocycles. The normalized spacial score (nSPS) is 15.5. The van der Waals surface area contributed by atoms with Gasteiger partial charge in [-0.2, -0.15) is 0 Å². The summed E-state index contributed by atoms with van der Waals surface area (Å²) in [4.78, 5) is 22.3. The van der Waals surface area contributed by atoms with Crippen LogP contribution in [-0.2, 0) is 9.53 Å². The molecule has 0 aliphatic carbocycles. The van der Waals surface area contributed by atoms with Crippen molar-refractivity contribution in [3.8, 4) is 0 Å². The molecule has 1 aromatic rings. The molecular weight excluding hydrogens is 240 g/mol. The highest BCUT2D eigenvalue weighted by Gasteiger charge is 2.29. The second-order valence-corrected chi connectivity index (χ2v) is 3.61. The molecule has 3 atom stereocenters. The fraction of sp³-hybridized carbons (Fsp3) is 0.333. The van der Waals surface area contributed by atoms with Crippen molar-refractivity contribution < 1.29 is 29.6 Å². The van der Waals surface area contributed by atoms with Crippen LogP contribution in [0.1, 0.15) is 10.4 Å². The van der Waals surface area contributed by atoms with E-state index in [1.807, 2.05) is 0 Å². The lowest BCUT2D eigenvalue weighted by atomic mass is 10.1. The van der Waals surface area contributed by atoms with Crippen LogP contribution in [0, 0.1) is 0 Å². The highest BCUT2D eigenvalue weighted by molar-refractivity contribution is 5.90. The average Bonchev–Trinajstić information content (AvgIpc) is 2.43. The molecular formula is C12H14O6. The standard InChI is InChI=1S/C12H14O6/c13-6-9(15)11(16)10(7-14)18-12(17)8-4-2-1-3-5-8/h1-5,7,9-11,13,15-16H,6H2/t9-,10+,11-/m0/s1. The van der Waals surface area contributed by atoms with Gasteiger partial charge in [0.25, 0.3) is 0 Å². The van der Waals surface area contributed by atoms with Crippen molar-refractivity contribution in [2.24, 2.45) is 0 Å². The number of aldehydes is 1. The van der Waals surface area contributed by atoms with E-state index >= 15 is 0 Å². The Morgan fingerprint density at radius 3 is 2.39 bits per heavy atom. The Labute approximate surface area is 103 Å². The highest BCUT2D eigenvalue weighted by Crippen LogP contribution is 2.07. The molecule has 0 bridgehead atoms. The molecule has 0 heterocycles. The first-order valence-electron chi connectivity index (χ1n) is 5.28. The van der Waals surface area contributed by atoms with Gasteiger partial charge in [0.2, 0.25) is 0 Å². The van der Waals surface area contributed by atoms with E-state index in [1.165, 1.54) is 12.1 Å². The Kier molecular flexibility index (Phi) is 5.44. The lowest BCUT2D eigenvalue weighted by Crippen LogP contribution is -2.42. The molecule has 0 amide bonds. The minimum Gasteiger partial charge on any atom is -0.448 e. The fourth-order valence-corrected chi connectivity index (χ4v) is 1.27. The topological polar surface area (TPSA) is 104 Å². The number of carbonyl (C=O) groups is 2. The maximum atomic E-state index is 11.6. The van der Waals surface area contributed by atoms with Gasteiger partial charge in [0.15, 0.2) is 12.4 Å². The molecule has 3 N–H and O–H groups in total. The van der Waals surface area contributed by atoms with Crippen LogP contribution in [-0.4, -0.2) is 52.5 Å². The molecule has 0 aliphatic rings. The zero-order valence-electron chi connectivity index (χ0n) is 9.47. The third-order valence-electron chi connectivity index (χ3n) is 2.30. The zero-order valence-corrected chi connectivity index (χ0v) is 9.47. The summed E-state index contributed by atoms with van der Waals surface area (Å²) in [5, 5.41) is 27.3. The molecule has 0 fully saturated rings. The van der Waals surface area contributed by atoms with E-state index in [0.717, 1.165) is 0 Å². The van der Waals surface area contributed by atoms with Crippen LogP contribution >= 0.6 is 0 Å². The van der Waals surface area contributed by atoms with Gasteiger partial charge in [-0.15, -0.1) is 0 Å². The molecule has 18 heavy (non-hydrogen) atoms. The minimum atomic E-state index is -1.67. The molecule has 0 saturated heterocycles. The van der Waals surface area contributed by atoms with E-state index in [0.29, 0.717) is 0 Å². The molecule has 6 heteroatoms. The first kappa shape index (κ1) is 14.3. The van der Waals surface area contributed by atoms with E-state index in [1.54, 1.807) is 18.2 Å². The molecule has 0 radical (unpaired) electrons. The first-order chi connectivity index (χ1) is 8.60. The SMILES string of the molecule is O=C[C@@H](OC(=O)c1ccccc1)[C@@H](O)[C@@H](O)CO. The third kappa shape index (κ3) is 3.63. The van der Waals surface area contributed by atoms with Gasteiger partial charge < -0.3 is 20.1 Å². The minimum absolute atomic E-state index is 0.199. The summed E-state index contributed by atoms with van der Waals surface area (Å²) in [5.41, 5.74) is 0.218. The van der Waals surface area contributed by atoms with Gasteiger partial charge in [0, 0.05) is 0 Å². The summed E-state index contributed by atoms with van der Waals surface area (Å²) >= 11 is 0. The van der Waals surface area contributed by atoms with Crippen molar-refractivity contribution >= 4 is 12.3 Å². The summed E-state index contributed by atoms with van der Waals surface area (Å²) in [7, 11) is 0. The van der Waals surface area contributed by atoms with E-state index < -0.39 is 30.9 Å². The van der Waals surface area contributed by atoms with Crippen LogP contribution in [0.3, 0.4) is 0 Å². The van der Waals surface area contributed by atoms with Crippen molar-refractivity contribution in [2.75, 3.05) is 6.61 Å². The van der Waals surface area contributed by atoms with Crippen molar-refractivity contribution in [3.05, 3.63) is 35.9 Å². The summed E-state index contributed by atoms with van der Waals surface area (Å²) < 4.78 is 4.74. The van der Waals surface area contributed by atoms with Gasteiger partial charge in [-0.05, 0) is 12.1 Å². The van der Waals surface area contributed by atoms with Crippen LogP contribution in [0.15, 0.2) is 30.3 Å². The molecule has 1 rings (SSSR count). The number of esters is 1. The number of ether oxygens (including phenoxy) is 1. The van der Waals surface area contributed by atoms with Gasteiger partial charge in [-0.3, -0.25) is 4.79 Å². The lowest BCUT2D eigenvalue weighted by Gasteiger charge is -2.21. The van der Waals surface area contributed by atoms with Gasteiger partial charge in [0.05, 0.1) is 12.2 Å². The molecule has 0 unspecified atom stereocenters. The highest BCUT2D eigenvalue weighted by atomic mass is 16.6. The van der Waals surface area contributed by atoms with Crippen LogP contribution in [0.4, 0.5) is 0 Å². The Balaban J connectivity index is 2.69. The number of aliphatic hydroxyl groups excluding tert-OH is 3. The smallest absolute Gasteiger partial charge is 0.338 e. The second kappa shape index (κ2) is 6.85. The Bertz CT molecular complexity index is 391. The Morgan fingerprint density at radius 1 is 1.28 bits per heavy atom. The van der Waals surface area contributed by atoms with E-state index in [-0.39, 0.29) is 11.8 Å². The van der Waals surface area contributed by atoms with Crippen molar-refractivity contribution in [1.82, 2.24) is 0 Å². The monoisotopic (exact) mass is 254 g/mol. The zero-order chi connectivity index (χ0) is 13.5. The van der Waals surface area contributed by atoms with Crippen molar-refractivity contribution in [3.63, 3.8) is 0 Å². The quantitative estimate of drug-likeness (QED) is 0.450. The number of benzene rings is 1. The van der Waals surface area contributed by atoms with Gasteiger partial charge in [0.1, 0.15) is 12.2 Å². The summed E-state index contributed by atoms with van der Waals surface area (Å²) in [6, 6.07) is 7.91. The molecule has 0 aliphatic heterocycles. The Hall–Kier alpha value is -1.76. The summed E-state index contributed by atoms with van der Waals surface area (Å²) in [6.07, 6.45) is -4.55. The van der Waals surface area contributed by atoms with Gasteiger partial charge in [-0.1, -0.05) is 18.2 Å². The van der Waals surface area contributed by atoms with E-state index in [2.05, 4.69) is 0 Å². The number of carbonyl (C=O) groups excluding carboxylic acids is 2. The fourth-order valence-electron chi connectivity index (χ4n) is 1.27. The lowest BCUT2D eigenvalue weighted by molar-refractivity contribution is -0.129. The number of aliphatic hydroxyl groups is 3. The van der Waals surface area contributed by atoms with Crippen LogP contribution < -0.4 is 0 Å². The predicted octanol–water partition coefficient (Wildman–Crippen LogP) is -0.875. The third-order valence-corrected chi connectivity index (χ3v) is 2.30. The van der Waals surface area contributed by atoms with E-state index in [4.69, 9.17) is 14.9 Å². The maximum absolute atomic E-state index is 11.6. The summed E-state index contributed by atoms with van der Waals surface area (Å²) in [5.74, 6) is -0.795. The molecule has 1 aromatic carbocycles. The molecule has 0 spiro atoms. The van der Waals surface area contributed by atoms with Crippen LogP contribution in [0.5, 0.6) is 0 Å². The molecule has 98 valence electrons. The predicted molar refractivity (Wildman–Crippen MR) is 60.8 cm³/mol. The number of rotatable bonds is 6. The average molecular weight is 254 g/mol. The Morgan fingerprint density at radius 2 is 1.89 bits per heavy atom. The van der Waals surface area contributed by atoms with Crippen LogP contribution in [0.25, 0.3) is 0 Å². The molecule has 6 nitrogen and oxygen atoms in total. The summed E-state index contributed by atoms with van der Waals surface area (Å²) in [6.45, 7) is -0.742. The maximum Gasteiger partial charge on any atom is 0.338 e. The van der Waals surface area contributed by atoms with E-state index in [9.17, 15) is 14.7 Å². The second-order valence-electron chi connectivity index (χ2n) is 3.61. The number of hydrogen-bond donors (Lipinski definition) is 3. The van der Waals surface area contributed by atoms with Crippen molar-refractivity contribution in [1.29, 1.82) is 0 Å². The molecule has 0 aromatic heterocycles. The van der Waals surface area contributed by atoms with Crippen molar-refractivity contribution in [2.45, 2.75) is 18.3 Å². The van der Waals surface area contributed by atoms with Gasteiger partial charge in [-0.25, -0.2) is 4.79 Å².